The van der Waals surface area contributed by atoms with Crippen LogP contribution in [0.15, 0.2) is 24.3 Å². The van der Waals surface area contributed by atoms with Crippen LogP contribution in [0.3, 0.4) is 0 Å². The summed E-state index contributed by atoms with van der Waals surface area (Å²) in [6.45, 7) is 3.11. The van der Waals surface area contributed by atoms with Crippen molar-refractivity contribution in [2.24, 2.45) is 5.73 Å². The van der Waals surface area contributed by atoms with Crippen LogP contribution >= 0.6 is 0 Å². The van der Waals surface area contributed by atoms with E-state index >= 15 is 0 Å². The number of benzene rings is 1. The molecule has 0 radical (unpaired) electrons. The monoisotopic (exact) mass is 236 g/mol. The van der Waals surface area contributed by atoms with E-state index in [0.717, 1.165) is 37.9 Å². The van der Waals surface area contributed by atoms with Crippen LogP contribution in [0.4, 0.5) is 10.1 Å². The van der Waals surface area contributed by atoms with Crippen LogP contribution in [-0.2, 0) is 0 Å². The Morgan fingerprint density at radius 2 is 1.76 bits per heavy atom. The molecule has 1 aromatic rings. The Morgan fingerprint density at radius 3 is 2.29 bits per heavy atom. The van der Waals surface area contributed by atoms with E-state index in [4.69, 9.17) is 5.73 Å². The lowest BCUT2D eigenvalue weighted by Gasteiger charge is -2.37. The number of nitrogens with zero attached hydrogens (tertiary/aromatic N) is 1. The van der Waals surface area contributed by atoms with Gasteiger partial charge in [0.05, 0.1) is 0 Å². The van der Waals surface area contributed by atoms with E-state index in [-0.39, 0.29) is 5.82 Å². The predicted octanol–water partition coefficient (Wildman–Crippen LogP) is 2.92. The lowest BCUT2D eigenvalue weighted by atomic mass is 9.90. The van der Waals surface area contributed by atoms with Gasteiger partial charge in [-0.3, -0.25) is 0 Å². The van der Waals surface area contributed by atoms with Gasteiger partial charge in [-0.2, -0.15) is 0 Å². The molecule has 1 fully saturated rings. The Labute approximate surface area is 103 Å². The normalized spacial score (nSPS) is 24.6. The average molecular weight is 236 g/mol. The first-order chi connectivity index (χ1) is 8.20. The molecule has 2 N–H and O–H groups in total. The van der Waals surface area contributed by atoms with Crippen LogP contribution in [0.25, 0.3) is 0 Å². The van der Waals surface area contributed by atoms with E-state index in [1.807, 2.05) is 12.1 Å². The maximum atomic E-state index is 12.9. The fourth-order valence-electron chi connectivity index (χ4n) is 2.70. The molecule has 0 bridgehead atoms. The smallest absolute Gasteiger partial charge is 0.123 e. The molecule has 0 spiro atoms. The van der Waals surface area contributed by atoms with Gasteiger partial charge in [0.1, 0.15) is 5.82 Å². The molecule has 0 atom stereocenters. The van der Waals surface area contributed by atoms with Crippen molar-refractivity contribution in [2.45, 2.75) is 44.7 Å². The summed E-state index contributed by atoms with van der Waals surface area (Å²) in [5.41, 5.74) is 7.05. The van der Waals surface area contributed by atoms with Crippen LogP contribution in [-0.4, -0.2) is 18.6 Å². The topological polar surface area (TPSA) is 29.3 Å². The summed E-state index contributed by atoms with van der Waals surface area (Å²) in [4.78, 5) is 2.37. The third kappa shape index (κ3) is 2.97. The molecule has 0 unspecified atom stereocenters. The largest absolute Gasteiger partial charge is 0.369 e. The van der Waals surface area contributed by atoms with E-state index < -0.39 is 0 Å². The number of hydrogen-bond acceptors (Lipinski definition) is 2. The molecule has 2 nitrogen and oxygen atoms in total. The van der Waals surface area contributed by atoms with E-state index in [9.17, 15) is 4.39 Å². The predicted molar refractivity (Wildman–Crippen MR) is 69.7 cm³/mol. The van der Waals surface area contributed by atoms with Gasteiger partial charge in [0.2, 0.25) is 0 Å². The van der Waals surface area contributed by atoms with Gasteiger partial charge in [-0.1, -0.05) is 0 Å². The Balaban J connectivity index is 2.08. The van der Waals surface area contributed by atoms with Crippen LogP contribution in [0.1, 0.15) is 32.6 Å². The van der Waals surface area contributed by atoms with E-state index in [0.29, 0.717) is 12.1 Å². The molecule has 2 rings (SSSR count). The molecular formula is C14H21FN2. The maximum Gasteiger partial charge on any atom is 0.123 e. The fourth-order valence-corrected chi connectivity index (χ4v) is 2.70. The number of anilines is 1. The molecule has 17 heavy (non-hydrogen) atoms. The third-order valence-electron chi connectivity index (χ3n) is 3.68. The first kappa shape index (κ1) is 12.4. The third-order valence-corrected chi connectivity index (χ3v) is 3.68. The van der Waals surface area contributed by atoms with Crippen molar-refractivity contribution in [1.82, 2.24) is 0 Å². The second-order valence-electron chi connectivity index (χ2n) is 4.83. The first-order valence-electron chi connectivity index (χ1n) is 6.48. The quantitative estimate of drug-likeness (QED) is 0.874. The van der Waals surface area contributed by atoms with Crippen molar-refractivity contribution in [3.63, 3.8) is 0 Å². The molecule has 1 aromatic carbocycles. The zero-order valence-electron chi connectivity index (χ0n) is 10.4. The van der Waals surface area contributed by atoms with Crippen LogP contribution in [0.5, 0.6) is 0 Å². The summed E-state index contributed by atoms with van der Waals surface area (Å²) < 4.78 is 12.9. The van der Waals surface area contributed by atoms with Crippen LogP contribution in [0.2, 0.25) is 0 Å². The van der Waals surface area contributed by atoms with Crippen molar-refractivity contribution in [3.8, 4) is 0 Å². The molecule has 1 aliphatic carbocycles. The summed E-state index contributed by atoms with van der Waals surface area (Å²) in [6, 6.07) is 7.74. The lowest BCUT2D eigenvalue weighted by Crippen LogP contribution is -2.40. The molecule has 0 saturated heterocycles. The summed E-state index contributed by atoms with van der Waals surface area (Å²) in [7, 11) is 0. The SMILES string of the molecule is CCN(c1ccc(F)cc1)C1CCC(N)CC1. The lowest BCUT2D eigenvalue weighted by molar-refractivity contribution is 0.378. The van der Waals surface area contributed by atoms with Crippen molar-refractivity contribution in [1.29, 1.82) is 0 Å². The van der Waals surface area contributed by atoms with Crippen molar-refractivity contribution in [3.05, 3.63) is 30.1 Å². The van der Waals surface area contributed by atoms with Crippen molar-refractivity contribution >= 4 is 5.69 Å². The Morgan fingerprint density at radius 1 is 1.18 bits per heavy atom. The van der Waals surface area contributed by atoms with Gasteiger partial charge < -0.3 is 10.6 Å². The van der Waals surface area contributed by atoms with Gasteiger partial charge in [-0.15, -0.1) is 0 Å². The fraction of sp³-hybridized carbons (Fsp3) is 0.571. The molecule has 1 aliphatic rings. The molecular weight excluding hydrogens is 215 g/mol. The van der Waals surface area contributed by atoms with Gasteiger partial charge in [-0.05, 0) is 56.9 Å². The Bertz CT molecular complexity index is 342. The van der Waals surface area contributed by atoms with E-state index in [2.05, 4.69) is 11.8 Å². The summed E-state index contributed by atoms with van der Waals surface area (Å²) >= 11 is 0. The first-order valence-corrected chi connectivity index (χ1v) is 6.48. The molecule has 0 amide bonds. The van der Waals surface area contributed by atoms with Gasteiger partial charge in [0.15, 0.2) is 0 Å². The number of nitrogens with two attached hydrogens (primary N) is 1. The van der Waals surface area contributed by atoms with Gasteiger partial charge in [-0.25, -0.2) is 4.39 Å². The number of rotatable bonds is 3. The zero-order valence-corrected chi connectivity index (χ0v) is 10.4. The highest BCUT2D eigenvalue weighted by atomic mass is 19.1. The molecule has 1 saturated carbocycles. The average Bonchev–Trinajstić information content (AvgIpc) is 2.35. The summed E-state index contributed by atoms with van der Waals surface area (Å²) in [6.07, 6.45) is 4.49. The van der Waals surface area contributed by atoms with Gasteiger partial charge in [0.25, 0.3) is 0 Å². The summed E-state index contributed by atoms with van der Waals surface area (Å²) in [5, 5.41) is 0. The summed E-state index contributed by atoms with van der Waals surface area (Å²) in [5.74, 6) is -0.171. The van der Waals surface area contributed by atoms with E-state index in [1.165, 1.54) is 12.1 Å². The minimum atomic E-state index is -0.171. The Hall–Kier alpha value is -1.09. The van der Waals surface area contributed by atoms with Crippen molar-refractivity contribution < 1.29 is 4.39 Å². The van der Waals surface area contributed by atoms with Gasteiger partial charge in [0, 0.05) is 24.3 Å². The maximum absolute atomic E-state index is 12.9. The standard InChI is InChI=1S/C14H21FN2/c1-2-17(13-7-3-11(15)4-8-13)14-9-5-12(16)6-10-14/h3-4,7-8,12,14H,2,5-6,9-10,16H2,1H3. The molecule has 0 heterocycles. The second kappa shape index (κ2) is 5.50. The zero-order chi connectivity index (χ0) is 12.3. The highest BCUT2D eigenvalue weighted by molar-refractivity contribution is 5.47. The highest BCUT2D eigenvalue weighted by Crippen LogP contribution is 2.26. The molecule has 3 heteroatoms. The van der Waals surface area contributed by atoms with Crippen molar-refractivity contribution in [2.75, 3.05) is 11.4 Å². The molecule has 94 valence electrons. The molecule has 0 aliphatic heterocycles. The number of halogens is 1. The highest BCUT2D eigenvalue weighted by Gasteiger charge is 2.23. The minimum Gasteiger partial charge on any atom is -0.369 e. The molecule has 0 aromatic heterocycles. The second-order valence-corrected chi connectivity index (χ2v) is 4.83. The van der Waals surface area contributed by atoms with Crippen LogP contribution in [0, 0.1) is 5.82 Å². The minimum absolute atomic E-state index is 0.171. The number of hydrogen-bond donors (Lipinski definition) is 1. The van der Waals surface area contributed by atoms with Gasteiger partial charge >= 0.3 is 0 Å². The Kier molecular flexibility index (Phi) is 4.00. The van der Waals surface area contributed by atoms with E-state index in [1.54, 1.807) is 0 Å². The van der Waals surface area contributed by atoms with Crippen LogP contribution < -0.4 is 10.6 Å².